The van der Waals surface area contributed by atoms with Gasteiger partial charge in [-0.15, -0.1) is 0 Å². The minimum atomic E-state index is -1.19. The molecule has 1 fully saturated rings. The van der Waals surface area contributed by atoms with Crippen LogP contribution in [0.25, 0.3) is 0 Å². The lowest BCUT2D eigenvalue weighted by molar-refractivity contribution is 0.0829. The summed E-state index contributed by atoms with van der Waals surface area (Å²) in [7, 11) is 0. The largest absolute Gasteiger partial charge is 0.244 e. The van der Waals surface area contributed by atoms with Crippen LogP contribution >= 0.6 is 0 Å². The minimum Gasteiger partial charge on any atom is -0.244 e. The molecule has 0 spiro atoms. The Morgan fingerprint density at radius 3 is 2.38 bits per heavy atom. The van der Waals surface area contributed by atoms with E-state index in [0.717, 1.165) is 12.8 Å². The van der Waals surface area contributed by atoms with Gasteiger partial charge in [-0.05, 0) is 19.8 Å². The van der Waals surface area contributed by atoms with Gasteiger partial charge in [0.1, 0.15) is 5.67 Å². The van der Waals surface area contributed by atoms with Crippen LogP contribution in [0.2, 0.25) is 0 Å². The molecule has 0 N–H and O–H groups in total. The Kier molecular flexibility index (Phi) is 3.30. The lowest BCUT2D eigenvalue weighted by Crippen LogP contribution is -2.31. The van der Waals surface area contributed by atoms with Gasteiger partial charge in [0, 0.05) is 12.3 Å². The summed E-state index contributed by atoms with van der Waals surface area (Å²) in [6, 6.07) is 2.11. The second-order valence-electron chi connectivity index (χ2n) is 4.58. The summed E-state index contributed by atoms with van der Waals surface area (Å²) in [5.74, 6) is 0.389. The van der Waals surface area contributed by atoms with E-state index in [0.29, 0.717) is 12.3 Å². The highest BCUT2D eigenvalue weighted by Crippen LogP contribution is 2.40. The fourth-order valence-corrected chi connectivity index (χ4v) is 2.43. The van der Waals surface area contributed by atoms with Crippen molar-refractivity contribution in [3.05, 3.63) is 0 Å². The van der Waals surface area contributed by atoms with E-state index < -0.39 is 5.67 Å². The number of nitriles is 1. The maximum Gasteiger partial charge on any atom is 0.109 e. The number of nitrogens with zero attached hydrogens (tertiary/aromatic N) is 1. The van der Waals surface area contributed by atoms with Gasteiger partial charge in [-0.25, -0.2) is 4.39 Å². The predicted octanol–water partition coefficient (Wildman–Crippen LogP) is 3.45. The zero-order valence-corrected chi connectivity index (χ0v) is 8.52. The average Bonchev–Trinajstić information content (AvgIpc) is 2.49. The van der Waals surface area contributed by atoms with Crippen LogP contribution in [0.1, 0.15) is 46.0 Å². The normalized spacial score (nSPS) is 21.4. The zero-order valence-electron chi connectivity index (χ0n) is 8.52. The number of hydrogen-bond acceptors (Lipinski definition) is 1. The first-order valence-corrected chi connectivity index (χ1v) is 5.11. The van der Waals surface area contributed by atoms with E-state index >= 15 is 0 Å². The molecule has 1 nitrogen and oxygen atoms in total. The molecular weight excluding hydrogens is 165 g/mol. The summed E-state index contributed by atoms with van der Waals surface area (Å²) >= 11 is 0. The van der Waals surface area contributed by atoms with Crippen LogP contribution in [-0.2, 0) is 0 Å². The van der Waals surface area contributed by atoms with Crippen molar-refractivity contribution in [3.63, 3.8) is 0 Å². The molecule has 1 atom stereocenters. The smallest absolute Gasteiger partial charge is 0.109 e. The highest BCUT2D eigenvalue weighted by atomic mass is 19.1. The molecule has 13 heavy (non-hydrogen) atoms. The fourth-order valence-electron chi connectivity index (χ4n) is 2.43. The molecule has 1 saturated carbocycles. The van der Waals surface area contributed by atoms with E-state index in [-0.39, 0.29) is 5.92 Å². The summed E-state index contributed by atoms with van der Waals surface area (Å²) < 4.78 is 13.7. The van der Waals surface area contributed by atoms with Crippen molar-refractivity contribution in [2.75, 3.05) is 0 Å². The highest BCUT2D eigenvalue weighted by molar-refractivity contribution is 4.91. The molecule has 1 unspecified atom stereocenters. The second kappa shape index (κ2) is 4.09. The number of halogens is 1. The van der Waals surface area contributed by atoms with E-state index in [4.69, 9.17) is 5.26 Å². The topological polar surface area (TPSA) is 23.8 Å². The van der Waals surface area contributed by atoms with Crippen LogP contribution in [0.3, 0.4) is 0 Å². The Labute approximate surface area is 79.9 Å². The molecule has 1 aliphatic carbocycles. The maximum atomic E-state index is 13.7. The maximum absolute atomic E-state index is 13.7. The third-order valence-corrected chi connectivity index (χ3v) is 3.16. The van der Waals surface area contributed by atoms with Gasteiger partial charge in [-0.3, -0.25) is 0 Å². The molecule has 0 saturated heterocycles. The third kappa shape index (κ3) is 2.69. The molecule has 2 heteroatoms. The monoisotopic (exact) mass is 183 g/mol. The highest BCUT2D eigenvalue weighted by Gasteiger charge is 2.36. The van der Waals surface area contributed by atoms with Gasteiger partial charge in [-0.1, -0.05) is 25.7 Å². The van der Waals surface area contributed by atoms with Gasteiger partial charge in [0.05, 0.1) is 6.07 Å². The van der Waals surface area contributed by atoms with E-state index in [9.17, 15) is 4.39 Å². The molecule has 0 aliphatic heterocycles. The van der Waals surface area contributed by atoms with Gasteiger partial charge in [-0.2, -0.15) is 5.26 Å². The number of alkyl halides is 1. The second-order valence-corrected chi connectivity index (χ2v) is 4.58. The summed E-state index contributed by atoms with van der Waals surface area (Å²) in [6.45, 7) is 3.21. The molecule has 0 bridgehead atoms. The van der Waals surface area contributed by atoms with Crippen molar-refractivity contribution in [2.24, 2.45) is 11.8 Å². The standard InChI is InChI=1S/C11H18FN/c1-11(2,12)10(7-8-13)9-5-3-4-6-9/h9-10H,3-7H2,1-2H3. The third-order valence-electron chi connectivity index (χ3n) is 3.16. The van der Waals surface area contributed by atoms with Gasteiger partial charge in [0.15, 0.2) is 0 Å². The molecule has 1 aliphatic rings. The lowest BCUT2D eigenvalue weighted by atomic mass is 9.78. The Balaban J connectivity index is 2.62. The average molecular weight is 183 g/mol. The molecule has 0 heterocycles. The summed E-state index contributed by atoms with van der Waals surface area (Å²) in [4.78, 5) is 0. The van der Waals surface area contributed by atoms with E-state index in [1.165, 1.54) is 12.8 Å². The molecule has 0 radical (unpaired) electrons. The van der Waals surface area contributed by atoms with Crippen molar-refractivity contribution in [1.82, 2.24) is 0 Å². The lowest BCUT2D eigenvalue weighted by Gasteiger charge is -2.30. The fraction of sp³-hybridized carbons (Fsp3) is 0.909. The first-order chi connectivity index (χ1) is 6.05. The van der Waals surface area contributed by atoms with Gasteiger partial charge >= 0.3 is 0 Å². The van der Waals surface area contributed by atoms with E-state index in [1.807, 2.05) is 0 Å². The van der Waals surface area contributed by atoms with Gasteiger partial charge in [0.2, 0.25) is 0 Å². The Morgan fingerprint density at radius 1 is 1.46 bits per heavy atom. The van der Waals surface area contributed by atoms with Crippen LogP contribution in [0.15, 0.2) is 0 Å². The quantitative estimate of drug-likeness (QED) is 0.657. The predicted molar refractivity (Wildman–Crippen MR) is 50.9 cm³/mol. The molecule has 0 aromatic rings. The number of rotatable bonds is 3. The van der Waals surface area contributed by atoms with Crippen LogP contribution in [0.5, 0.6) is 0 Å². The van der Waals surface area contributed by atoms with Crippen molar-refractivity contribution in [3.8, 4) is 6.07 Å². The van der Waals surface area contributed by atoms with E-state index in [2.05, 4.69) is 6.07 Å². The van der Waals surface area contributed by atoms with E-state index in [1.54, 1.807) is 13.8 Å². The van der Waals surface area contributed by atoms with Crippen LogP contribution in [0.4, 0.5) is 4.39 Å². The zero-order chi connectivity index (χ0) is 9.90. The molecule has 0 amide bonds. The van der Waals surface area contributed by atoms with Crippen LogP contribution in [-0.4, -0.2) is 5.67 Å². The van der Waals surface area contributed by atoms with Crippen LogP contribution in [0, 0.1) is 23.2 Å². The first-order valence-electron chi connectivity index (χ1n) is 5.11. The summed E-state index contributed by atoms with van der Waals surface area (Å²) in [5.41, 5.74) is -1.19. The molecule has 0 aromatic carbocycles. The summed E-state index contributed by atoms with van der Waals surface area (Å²) in [5, 5.41) is 8.64. The van der Waals surface area contributed by atoms with Gasteiger partial charge < -0.3 is 0 Å². The van der Waals surface area contributed by atoms with Crippen LogP contribution < -0.4 is 0 Å². The molecular formula is C11H18FN. The Hall–Kier alpha value is -0.580. The minimum absolute atomic E-state index is 0.0556. The van der Waals surface area contributed by atoms with Crippen molar-refractivity contribution in [1.29, 1.82) is 5.26 Å². The van der Waals surface area contributed by atoms with Crippen molar-refractivity contribution >= 4 is 0 Å². The molecule has 74 valence electrons. The Morgan fingerprint density at radius 2 is 2.00 bits per heavy atom. The molecule has 1 rings (SSSR count). The molecule has 0 aromatic heterocycles. The van der Waals surface area contributed by atoms with Crippen molar-refractivity contribution < 1.29 is 4.39 Å². The Bertz CT molecular complexity index is 193. The summed E-state index contributed by atoms with van der Waals surface area (Å²) in [6.07, 6.45) is 5.01. The SMILES string of the molecule is CC(C)(F)C(CC#N)C1CCCC1. The number of hydrogen-bond donors (Lipinski definition) is 0. The van der Waals surface area contributed by atoms with Crippen molar-refractivity contribution in [2.45, 2.75) is 51.6 Å². The van der Waals surface area contributed by atoms with Gasteiger partial charge in [0.25, 0.3) is 0 Å². The first kappa shape index (κ1) is 10.5.